The number of rotatable bonds is 3. The van der Waals surface area contributed by atoms with E-state index in [1.807, 2.05) is 0 Å². The number of aliphatic hydroxyl groups excluding tert-OH is 4. The van der Waals surface area contributed by atoms with Gasteiger partial charge in [-0.15, -0.1) is 0 Å². The Balaban J connectivity index is 2.65. The van der Waals surface area contributed by atoms with Gasteiger partial charge in [-0.25, -0.2) is 0 Å². The van der Waals surface area contributed by atoms with Gasteiger partial charge in [0, 0.05) is 0 Å². The zero-order valence-corrected chi connectivity index (χ0v) is 7.67. The van der Waals surface area contributed by atoms with E-state index in [-0.39, 0.29) is 0 Å². The van der Waals surface area contributed by atoms with Crippen LogP contribution in [0.25, 0.3) is 0 Å². The van der Waals surface area contributed by atoms with Crippen molar-refractivity contribution in [2.24, 2.45) is 0 Å². The predicted molar refractivity (Wildman–Crippen MR) is 45.0 cm³/mol. The number of ether oxygens (including phenoxy) is 1. The van der Waals surface area contributed by atoms with E-state index in [1.165, 1.54) is 0 Å². The Morgan fingerprint density at radius 3 is 2.13 bits per heavy atom. The molecule has 0 aromatic rings. The minimum absolute atomic E-state index is 0.605. The molecule has 1 heterocycles. The van der Waals surface area contributed by atoms with Crippen molar-refractivity contribution in [2.75, 3.05) is 6.61 Å². The molecule has 0 aromatic heterocycles. The van der Waals surface area contributed by atoms with Crippen LogP contribution in [-0.2, 0) is 9.39 Å². The summed E-state index contributed by atoms with van der Waals surface area (Å²) in [6.07, 6.45) is -7.39. The molecule has 0 aromatic carbocycles. The molecule has 0 spiro atoms. The SMILES string of the molecule is OC[C@H]1OC(OB(O)O)[C@H](O)[C@@H](O)[C@H]1O. The van der Waals surface area contributed by atoms with Gasteiger partial charge in [-0.3, -0.25) is 0 Å². The van der Waals surface area contributed by atoms with Crippen LogP contribution in [0.5, 0.6) is 0 Å². The Labute approximate surface area is 85.5 Å². The monoisotopic (exact) mass is 224 g/mol. The van der Waals surface area contributed by atoms with E-state index in [2.05, 4.69) is 4.65 Å². The van der Waals surface area contributed by atoms with E-state index in [0.29, 0.717) is 0 Å². The van der Waals surface area contributed by atoms with Crippen molar-refractivity contribution in [3.63, 3.8) is 0 Å². The van der Waals surface area contributed by atoms with Crippen molar-refractivity contribution in [2.45, 2.75) is 30.7 Å². The lowest BCUT2D eigenvalue weighted by Gasteiger charge is -2.39. The molecule has 0 amide bonds. The smallest absolute Gasteiger partial charge is 0.402 e. The van der Waals surface area contributed by atoms with Crippen molar-refractivity contribution < 1.29 is 39.9 Å². The molecule has 6 N–H and O–H groups in total. The molecule has 8 nitrogen and oxygen atoms in total. The Morgan fingerprint density at radius 2 is 1.67 bits per heavy atom. The third kappa shape index (κ3) is 2.86. The zero-order chi connectivity index (χ0) is 11.6. The molecule has 1 rings (SSSR count). The Morgan fingerprint density at radius 1 is 1.07 bits per heavy atom. The van der Waals surface area contributed by atoms with Gasteiger partial charge in [-0.2, -0.15) is 0 Å². The maximum atomic E-state index is 9.31. The average Bonchev–Trinajstić information content (AvgIpc) is 2.18. The summed E-state index contributed by atoms with van der Waals surface area (Å²) in [5.74, 6) is 0. The molecule has 0 aliphatic carbocycles. The maximum absolute atomic E-state index is 9.31. The molecule has 0 radical (unpaired) electrons. The molecular weight excluding hydrogens is 211 g/mol. The highest BCUT2D eigenvalue weighted by Crippen LogP contribution is 2.21. The summed E-state index contributed by atoms with van der Waals surface area (Å²) in [6.45, 7) is -0.605. The molecule has 15 heavy (non-hydrogen) atoms. The summed E-state index contributed by atoms with van der Waals surface area (Å²) in [5, 5.41) is 53.6. The standard InChI is InChI=1S/C6H13BO8/c8-1-2-3(9)4(10)5(11)6(14-2)15-7(12)13/h2-6,8-13H,1H2/t2-,3+,4+,5-,6?/m1/s1. The van der Waals surface area contributed by atoms with E-state index in [0.717, 1.165) is 0 Å². The normalized spacial score (nSPS) is 41.6. The van der Waals surface area contributed by atoms with E-state index in [4.69, 9.17) is 19.9 Å². The topological polar surface area (TPSA) is 140 Å². The first-order valence-electron chi connectivity index (χ1n) is 4.29. The molecule has 1 unspecified atom stereocenters. The van der Waals surface area contributed by atoms with Crippen molar-refractivity contribution in [3.05, 3.63) is 0 Å². The predicted octanol–water partition coefficient (Wildman–Crippen LogP) is -4.23. The van der Waals surface area contributed by atoms with Crippen LogP contribution in [0.2, 0.25) is 0 Å². The third-order valence-electron chi connectivity index (χ3n) is 2.10. The lowest BCUT2D eigenvalue weighted by Crippen LogP contribution is -2.60. The second kappa shape index (κ2) is 5.19. The Kier molecular flexibility index (Phi) is 4.43. The van der Waals surface area contributed by atoms with Crippen LogP contribution in [0.4, 0.5) is 0 Å². The molecule has 0 bridgehead atoms. The van der Waals surface area contributed by atoms with Gasteiger partial charge in [0.15, 0.2) is 6.29 Å². The summed E-state index contributed by atoms with van der Waals surface area (Å²) in [7, 11) is -2.19. The van der Waals surface area contributed by atoms with Crippen LogP contribution in [-0.4, -0.2) is 75.1 Å². The summed E-state index contributed by atoms with van der Waals surface area (Å²) >= 11 is 0. The van der Waals surface area contributed by atoms with E-state index >= 15 is 0 Å². The second-order valence-corrected chi connectivity index (χ2v) is 3.16. The molecule has 88 valence electrons. The first-order valence-corrected chi connectivity index (χ1v) is 4.29. The molecule has 1 saturated heterocycles. The summed E-state index contributed by atoms with van der Waals surface area (Å²) in [6, 6.07) is 0. The average molecular weight is 224 g/mol. The summed E-state index contributed by atoms with van der Waals surface area (Å²) in [4.78, 5) is 0. The lowest BCUT2D eigenvalue weighted by atomic mass is 9.99. The molecule has 5 atom stereocenters. The van der Waals surface area contributed by atoms with Crippen LogP contribution in [0, 0.1) is 0 Å². The maximum Gasteiger partial charge on any atom is 0.635 e. The van der Waals surface area contributed by atoms with Gasteiger partial charge in [-0.1, -0.05) is 0 Å². The van der Waals surface area contributed by atoms with Crippen LogP contribution in [0.3, 0.4) is 0 Å². The molecule has 1 aliphatic heterocycles. The fraction of sp³-hybridized carbons (Fsp3) is 1.00. The third-order valence-corrected chi connectivity index (χ3v) is 2.10. The van der Waals surface area contributed by atoms with Crippen LogP contribution in [0.15, 0.2) is 0 Å². The van der Waals surface area contributed by atoms with Crippen LogP contribution < -0.4 is 0 Å². The second-order valence-electron chi connectivity index (χ2n) is 3.16. The van der Waals surface area contributed by atoms with E-state index < -0.39 is 44.6 Å². The highest BCUT2D eigenvalue weighted by Gasteiger charge is 2.45. The largest absolute Gasteiger partial charge is 0.635 e. The van der Waals surface area contributed by atoms with Gasteiger partial charge in [0.05, 0.1) is 6.61 Å². The van der Waals surface area contributed by atoms with Gasteiger partial charge < -0.3 is 39.9 Å². The van der Waals surface area contributed by atoms with Crippen molar-refractivity contribution in [1.29, 1.82) is 0 Å². The van der Waals surface area contributed by atoms with Gasteiger partial charge in [0.25, 0.3) is 0 Å². The Hall–Kier alpha value is -0.255. The molecular formula is C6H13BO8. The number of hydrogen-bond acceptors (Lipinski definition) is 8. The van der Waals surface area contributed by atoms with Crippen molar-refractivity contribution >= 4 is 7.32 Å². The minimum atomic E-state index is -2.19. The van der Waals surface area contributed by atoms with Crippen LogP contribution in [0.1, 0.15) is 0 Å². The first kappa shape index (κ1) is 12.8. The first-order chi connectivity index (χ1) is 6.97. The van der Waals surface area contributed by atoms with Crippen LogP contribution >= 0.6 is 0 Å². The van der Waals surface area contributed by atoms with Crippen molar-refractivity contribution in [1.82, 2.24) is 0 Å². The quantitative estimate of drug-likeness (QED) is 0.265. The van der Waals surface area contributed by atoms with Gasteiger partial charge in [-0.05, 0) is 0 Å². The van der Waals surface area contributed by atoms with E-state index in [1.54, 1.807) is 0 Å². The Bertz CT molecular complexity index is 200. The number of hydrogen-bond donors (Lipinski definition) is 6. The molecule has 9 heteroatoms. The van der Waals surface area contributed by atoms with Crippen molar-refractivity contribution in [3.8, 4) is 0 Å². The van der Waals surface area contributed by atoms with Gasteiger partial charge >= 0.3 is 7.32 Å². The molecule has 1 aliphatic rings. The highest BCUT2D eigenvalue weighted by atomic mass is 16.7. The summed E-state index contributed by atoms with van der Waals surface area (Å²) in [5.41, 5.74) is 0. The highest BCUT2D eigenvalue weighted by molar-refractivity contribution is 6.32. The van der Waals surface area contributed by atoms with Gasteiger partial charge in [0.1, 0.15) is 24.4 Å². The van der Waals surface area contributed by atoms with Gasteiger partial charge in [0.2, 0.25) is 0 Å². The van der Waals surface area contributed by atoms with E-state index in [9.17, 15) is 15.3 Å². The molecule has 0 saturated carbocycles. The lowest BCUT2D eigenvalue weighted by molar-refractivity contribution is -0.283. The molecule has 1 fully saturated rings. The number of aliphatic hydroxyl groups is 4. The fourth-order valence-electron chi connectivity index (χ4n) is 1.30. The minimum Gasteiger partial charge on any atom is -0.402 e. The zero-order valence-electron chi connectivity index (χ0n) is 7.67. The summed E-state index contributed by atoms with van der Waals surface area (Å²) < 4.78 is 9.10. The fourth-order valence-corrected chi connectivity index (χ4v) is 1.30.